The van der Waals surface area contributed by atoms with Crippen LogP contribution in [0.2, 0.25) is 0 Å². The summed E-state index contributed by atoms with van der Waals surface area (Å²) in [6.45, 7) is 0. The van der Waals surface area contributed by atoms with E-state index in [1.807, 2.05) is 42.1 Å². The van der Waals surface area contributed by atoms with Gasteiger partial charge in [-0.3, -0.25) is 4.79 Å². The van der Waals surface area contributed by atoms with E-state index >= 15 is 0 Å². The zero-order valence-corrected chi connectivity index (χ0v) is 17.2. The van der Waals surface area contributed by atoms with Crippen LogP contribution in [0.1, 0.15) is 56.6 Å². The van der Waals surface area contributed by atoms with Crippen LogP contribution < -0.4 is 0 Å². The van der Waals surface area contributed by atoms with E-state index in [-0.39, 0.29) is 6.42 Å². The van der Waals surface area contributed by atoms with Crippen molar-refractivity contribution >= 4 is 17.7 Å². The summed E-state index contributed by atoms with van der Waals surface area (Å²) in [5.41, 5.74) is 0.990. The molecule has 0 aromatic heterocycles. The quantitative estimate of drug-likeness (QED) is 0.385. The van der Waals surface area contributed by atoms with Crippen LogP contribution in [0.4, 0.5) is 0 Å². The molecule has 3 rings (SSSR count). The normalized spacial score (nSPS) is 27.5. The Labute approximate surface area is 172 Å². The molecule has 2 saturated heterocycles. The van der Waals surface area contributed by atoms with E-state index < -0.39 is 12.1 Å². The SMILES string of the molecule is O=C(O)CCC/C=C\C[C@@H]1[C@@H](CCSCC(O)c2ccccc2)[C@@H]2CC[C@H]1O2. The van der Waals surface area contributed by atoms with E-state index in [2.05, 4.69) is 12.2 Å². The number of allylic oxidation sites excluding steroid dienone is 2. The molecule has 2 heterocycles. The number of ether oxygens (including phenoxy) is 1. The summed E-state index contributed by atoms with van der Waals surface area (Å²) in [6, 6.07) is 9.87. The van der Waals surface area contributed by atoms with Crippen LogP contribution in [-0.4, -0.2) is 39.9 Å². The smallest absolute Gasteiger partial charge is 0.303 e. The third-order valence-corrected chi connectivity index (χ3v) is 7.06. The molecule has 1 aromatic rings. The molecule has 0 saturated carbocycles. The topological polar surface area (TPSA) is 66.8 Å². The Balaban J connectivity index is 1.38. The van der Waals surface area contributed by atoms with Gasteiger partial charge in [0.1, 0.15) is 0 Å². The van der Waals surface area contributed by atoms with E-state index in [9.17, 15) is 9.90 Å². The van der Waals surface area contributed by atoms with Crippen molar-refractivity contribution in [2.75, 3.05) is 11.5 Å². The fraction of sp³-hybridized carbons (Fsp3) is 0.609. The Kier molecular flexibility index (Phi) is 8.44. The predicted molar refractivity (Wildman–Crippen MR) is 113 cm³/mol. The Morgan fingerprint density at radius 3 is 2.68 bits per heavy atom. The second kappa shape index (κ2) is 11.0. The second-order valence-electron chi connectivity index (χ2n) is 7.90. The standard InChI is InChI=1S/C23H32O4S/c24-20(17-8-4-3-5-9-17)16-28-15-14-19-18(21-12-13-22(19)27-21)10-6-1-2-7-11-23(25)26/h1,3-6,8-9,18-22,24H,2,7,10-16H2,(H,25,26)/b6-1-/t18-,19-,20?,21-,22+/m1/s1. The summed E-state index contributed by atoms with van der Waals surface area (Å²) in [5, 5.41) is 19.0. The van der Waals surface area contributed by atoms with Crippen molar-refractivity contribution in [2.24, 2.45) is 11.8 Å². The number of hydrogen-bond acceptors (Lipinski definition) is 4. The number of thioether (sulfide) groups is 1. The molecule has 2 fully saturated rings. The highest BCUT2D eigenvalue weighted by Crippen LogP contribution is 2.47. The zero-order valence-electron chi connectivity index (χ0n) is 16.4. The number of hydrogen-bond donors (Lipinski definition) is 2. The minimum atomic E-state index is -0.718. The number of aliphatic hydroxyl groups excluding tert-OH is 1. The van der Waals surface area contributed by atoms with Crippen LogP contribution in [0.5, 0.6) is 0 Å². The van der Waals surface area contributed by atoms with Gasteiger partial charge in [0.15, 0.2) is 0 Å². The van der Waals surface area contributed by atoms with Crippen LogP contribution >= 0.6 is 11.8 Å². The number of benzene rings is 1. The molecule has 154 valence electrons. The van der Waals surface area contributed by atoms with E-state index in [0.717, 1.165) is 36.3 Å². The average Bonchev–Trinajstić information content (AvgIpc) is 3.30. The molecule has 4 nitrogen and oxygen atoms in total. The van der Waals surface area contributed by atoms with Crippen LogP contribution in [0, 0.1) is 11.8 Å². The van der Waals surface area contributed by atoms with Crippen LogP contribution in [-0.2, 0) is 9.53 Å². The van der Waals surface area contributed by atoms with Gasteiger partial charge >= 0.3 is 5.97 Å². The molecule has 2 bridgehead atoms. The summed E-state index contributed by atoms with van der Waals surface area (Å²) in [6.07, 6.45) is 11.1. The van der Waals surface area contributed by atoms with Crippen molar-refractivity contribution in [3.63, 3.8) is 0 Å². The third-order valence-electron chi connectivity index (χ3n) is 5.98. The number of fused-ring (bicyclic) bond motifs is 2. The van der Waals surface area contributed by atoms with Gasteiger partial charge in [-0.2, -0.15) is 11.8 Å². The summed E-state index contributed by atoms with van der Waals surface area (Å²) in [7, 11) is 0. The van der Waals surface area contributed by atoms with E-state index in [1.54, 1.807) is 0 Å². The number of unbranched alkanes of at least 4 members (excludes halogenated alkanes) is 1. The third kappa shape index (κ3) is 6.10. The molecule has 2 aliphatic heterocycles. The number of carboxylic acid groups (broad SMARTS) is 1. The molecule has 0 aliphatic carbocycles. The number of carboxylic acids is 1. The molecule has 1 unspecified atom stereocenters. The molecule has 5 heteroatoms. The number of carbonyl (C=O) groups is 1. The van der Waals surface area contributed by atoms with E-state index in [4.69, 9.17) is 9.84 Å². The molecular formula is C23H32O4S. The minimum absolute atomic E-state index is 0.246. The summed E-state index contributed by atoms with van der Waals surface area (Å²) in [4.78, 5) is 10.6. The first-order chi connectivity index (χ1) is 13.6. The zero-order chi connectivity index (χ0) is 19.8. The highest BCUT2D eigenvalue weighted by atomic mass is 32.2. The molecule has 5 atom stereocenters. The number of rotatable bonds is 12. The molecule has 2 aliphatic rings. The van der Waals surface area contributed by atoms with Gasteiger partial charge < -0.3 is 14.9 Å². The molecule has 0 radical (unpaired) electrons. The van der Waals surface area contributed by atoms with Gasteiger partial charge in [-0.15, -0.1) is 0 Å². The monoisotopic (exact) mass is 404 g/mol. The van der Waals surface area contributed by atoms with Gasteiger partial charge in [0.05, 0.1) is 18.3 Å². The van der Waals surface area contributed by atoms with Crippen molar-refractivity contribution in [1.29, 1.82) is 0 Å². The minimum Gasteiger partial charge on any atom is -0.481 e. The first-order valence-corrected chi connectivity index (χ1v) is 11.6. The Hall–Kier alpha value is -1.30. The highest BCUT2D eigenvalue weighted by Gasteiger charge is 2.47. The number of aliphatic hydroxyl groups is 1. The summed E-state index contributed by atoms with van der Waals surface area (Å²) in [5.74, 6) is 2.28. The maximum atomic E-state index is 10.6. The van der Waals surface area contributed by atoms with Crippen LogP contribution in [0.15, 0.2) is 42.5 Å². The van der Waals surface area contributed by atoms with Crippen LogP contribution in [0.3, 0.4) is 0 Å². The first kappa shape index (κ1) is 21.4. The number of aliphatic carboxylic acids is 1. The fourth-order valence-corrected chi connectivity index (χ4v) is 5.55. The lowest BCUT2D eigenvalue weighted by atomic mass is 9.76. The Bertz CT molecular complexity index is 633. The molecule has 2 N–H and O–H groups in total. The van der Waals surface area contributed by atoms with E-state index in [1.165, 1.54) is 12.8 Å². The van der Waals surface area contributed by atoms with E-state index in [0.29, 0.717) is 30.5 Å². The van der Waals surface area contributed by atoms with Gasteiger partial charge in [0, 0.05) is 12.2 Å². The molecule has 0 spiro atoms. The second-order valence-corrected chi connectivity index (χ2v) is 9.05. The average molecular weight is 405 g/mol. The lowest BCUT2D eigenvalue weighted by Gasteiger charge is -2.27. The van der Waals surface area contributed by atoms with Crippen LogP contribution in [0.25, 0.3) is 0 Å². The van der Waals surface area contributed by atoms with Crippen molar-refractivity contribution in [1.82, 2.24) is 0 Å². The summed E-state index contributed by atoms with van der Waals surface area (Å²) < 4.78 is 6.18. The lowest BCUT2D eigenvalue weighted by Crippen LogP contribution is -2.27. The highest BCUT2D eigenvalue weighted by molar-refractivity contribution is 7.99. The van der Waals surface area contributed by atoms with Gasteiger partial charge in [0.2, 0.25) is 0 Å². The van der Waals surface area contributed by atoms with Crippen molar-refractivity contribution in [3.8, 4) is 0 Å². The van der Waals surface area contributed by atoms with Crippen molar-refractivity contribution < 1.29 is 19.7 Å². The molecule has 28 heavy (non-hydrogen) atoms. The Morgan fingerprint density at radius 2 is 1.93 bits per heavy atom. The van der Waals surface area contributed by atoms with Gasteiger partial charge in [-0.05, 0) is 61.7 Å². The fourth-order valence-electron chi connectivity index (χ4n) is 4.53. The molecular weight excluding hydrogens is 372 g/mol. The van der Waals surface area contributed by atoms with Gasteiger partial charge in [0.25, 0.3) is 0 Å². The largest absolute Gasteiger partial charge is 0.481 e. The predicted octanol–water partition coefficient (Wildman–Crippen LogP) is 4.84. The molecule has 1 aromatic carbocycles. The van der Waals surface area contributed by atoms with Crippen molar-refractivity contribution in [3.05, 3.63) is 48.0 Å². The Morgan fingerprint density at radius 1 is 1.18 bits per heavy atom. The van der Waals surface area contributed by atoms with Gasteiger partial charge in [-0.1, -0.05) is 42.5 Å². The van der Waals surface area contributed by atoms with Crippen molar-refractivity contribution in [2.45, 2.75) is 63.3 Å². The maximum absolute atomic E-state index is 10.6. The maximum Gasteiger partial charge on any atom is 0.303 e. The molecule has 0 amide bonds. The first-order valence-electron chi connectivity index (χ1n) is 10.5. The van der Waals surface area contributed by atoms with Gasteiger partial charge in [-0.25, -0.2) is 0 Å². The lowest BCUT2D eigenvalue weighted by molar-refractivity contribution is -0.137. The summed E-state index contributed by atoms with van der Waals surface area (Å²) >= 11 is 1.83.